The van der Waals surface area contributed by atoms with E-state index >= 15 is 0 Å². The van der Waals surface area contributed by atoms with E-state index in [1.54, 1.807) is 0 Å². The highest BCUT2D eigenvalue weighted by molar-refractivity contribution is 5.88. The van der Waals surface area contributed by atoms with Crippen LogP contribution in [0.2, 0.25) is 0 Å². The number of fused-ring (bicyclic) bond motifs is 1. The molecule has 0 saturated carbocycles. The monoisotopic (exact) mass is 297 g/mol. The molecule has 0 fully saturated rings. The van der Waals surface area contributed by atoms with E-state index in [-0.39, 0.29) is 11.9 Å². The number of rotatable bonds is 6. The maximum Gasteiger partial charge on any atom is 0.217 e. The summed E-state index contributed by atoms with van der Waals surface area (Å²) in [5.74, 6) is 1.69. The number of carbonyl (C=O) groups excluding carboxylic acids is 1. The first-order valence-electron chi connectivity index (χ1n) is 7.59. The van der Waals surface area contributed by atoms with Crippen molar-refractivity contribution in [2.75, 3.05) is 0 Å². The van der Waals surface area contributed by atoms with Gasteiger partial charge in [-0.15, -0.1) is 0 Å². The highest BCUT2D eigenvalue weighted by atomic mass is 16.5. The van der Waals surface area contributed by atoms with E-state index in [1.807, 2.05) is 42.5 Å². The molecule has 1 atom stereocenters. The van der Waals surface area contributed by atoms with E-state index in [0.717, 1.165) is 22.9 Å². The fraction of sp³-hybridized carbons (Fsp3) is 0.316. The number of hydrogen-bond donors (Lipinski definition) is 1. The van der Waals surface area contributed by atoms with Gasteiger partial charge in [0, 0.05) is 12.3 Å². The Morgan fingerprint density at radius 2 is 1.86 bits per heavy atom. The van der Waals surface area contributed by atoms with Gasteiger partial charge in [0.15, 0.2) is 0 Å². The SMILES string of the molecule is C=C(Oc1cccc2ccccc12)C(CC(C)C)NC(C)=O. The maximum absolute atomic E-state index is 11.4. The van der Waals surface area contributed by atoms with Gasteiger partial charge in [0.05, 0.1) is 6.04 Å². The van der Waals surface area contributed by atoms with E-state index in [9.17, 15) is 4.79 Å². The molecule has 0 spiro atoms. The molecule has 2 aromatic carbocycles. The van der Waals surface area contributed by atoms with Crippen LogP contribution >= 0.6 is 0 Å². The quantitative estimate of drug-likeness (QED) is 0.808. The lowest BCUT2D eigenvalue weighted by Crippen LogP contribution is -2.37. The molecule has 0 heterocycles. The summed E-state index contributed by atoms with van der Waals surface area (Å²) in [5, 5.41) is 5.07. The predicted molar refractivity (Wildman–Crippen MR) is 90.8 cm³/mol. The third kappa shape index (κ3) is 4.10. The standard InChI is InChI=1S/C19H23NO2/c1-13(2)12-18(20-15(4)21)14(3)22-19-11-7-9-16-8-5-6-10-17(16)19/h5-11,13,18H,3,12H2,1-2,4H3,(H,20,21). The minimum Gasteiger partial charge on any atom is -0.460 e. The van der Waals surface area contributed by atoms with Crippen LogP contribution in [-0.2, 0) is 4.79 Å². The molecule has 0 bridgehead atoms. The molecule has 2 rings (SSSR count). The molecule has 0 saturated heterocycles. The summed E-state index contributed by atoms with van der Waals surface area (Å²) in [6, 6.07) is 13.8. The van der Waals surface area contributed by atoms with Crippen molar-refractivity contribution in [3.05, 3.63) is 54.8 Å². The van der Waals surface area contributed by atoms with Crippen LogP contribution in [0.1, 0.15) is 27.2 Å². The third-order valence-corrected chi connectivity index (χ3v) is 3.46. The number of nitrogens with one attached hydrogen (secondary N) is 1. The Morgan fingerprint density at radius 1 is 1.18 bits per heavy atom. The van der Waals surface area contributed by atoms with Gasteiger partial charge < -0.3 is 10.1 Å². The van der Waals surface area contributed by atoms with Crippen LogP contribution in [0.5, 0.6) is 5.75 Å². The Hall–Kier alpha value is -2.29. The molecule has 0 aliphatic rings. The van der Waals surface area contributed by atoms with Crippen molar-refractivity contribution in [2.45, 2.75) is 33.2 Å². The molecule has 0 aromatic heterocycles. The fourth-order valence-corrected chi connectivity index (χ4v) is 2.48. The van der Waals surface area contributed by atoms with Crippen molar-refractivity contribution in [3.63, 3.8) is 0 Å². The molecule has 1 unspecified atom stereocenters. The van der Waals surface area contributed by atoms with Crippen LogP contribution in [0, 0.1) is 5.92 Å². The Balaban J connectivity index is 2.22. The number of hydrogen-bond acceptors (Lipinski definition) is 2. The van der Waals surface area contributed by atoms with E-state index in [0.29, 0.717) is 11.7 Å². The van der Waals surface area contributed by atoms with Crippen molar-refractivity contribution < 1.29 is 9.53 Å². The van der Waals surface area contributed by atoms with Gasteiger partial charge in [-0.1, -0.05) is 56.8 Å². The molecular weight excluding hydrogens is 274 g/mol. The number of benzene rings is 2. The predicted octanol–water partition coefficient (Wildman–Crippen LogP) is 4.28. The van der Waals surface area contributed by atoms with Crippen LogP contribution in [0.15, 0.2) is 54.8 Å². The van der Waals surface area contributed by atoms with Gasteiger partial charge in [-0.05, 0) is 23.8 Å². The van der Waals surface area contributed by atoms with Crippen molar-refractivity contribution in [3.8, 4) is 5.75 Å². The second-order valence-corrected chi connectivity index (χ2v) is 5.93. The Morgan fingerprint density at radius 3 is 2.55 bits per heavy atom. The smallest absolute Gasteiger partial charge is 0.217 e. The molecule has 3 heteroatoms. The van der Waals surface area contributed by atoms with Crippen molar-refractivity contribution >= 4 is 16.7 Å². The minimum absolute atomic E-state index is 0.0756. The van der Waals surface area contributed by atoms with Crippen molar-refractivity contribution in [1.82, 2.24) is 5.32 Å². The average Bonchev–Trinajstić information content (AvgIpc) is 2.46. The fourth-order valence-electron chi connectivity index (χ4n) is 2.48. The second-order valence-electron chi connectivity index (χ2n) is 5.93. The van der Waals surface area contributed by atoms with Crippen LogP contribution in [0.4, 0.5) is 0 Å². The van der Waals surface area contributed by atoms with Gasteiger partial charge in [0.2, 0.25) is 5.91 Å². The summed E-state index contributed by atoms with van der Waals surface area (Å²) in [6.45, 7) is 9.76. The molecule has 1 N–H and O–H groups in total. The third-order valence-electron chi connectivity index (χ3n) is 3.46. The van der Waals surface area contributed by atoms with Crippen molar-refractivity contribution in [1.29, 1.82) is 0 Å². The lowest BCUT2D eigenvalue weighted by atomic mass is 10.0. The molecule has 0 radical (unpaired) electrons. The largest absolute Gasteiger partial charge is 0.460 e. The second kappa shape index (κ2) is 7.12. The van der Waals surface area contributed by atoms with Gasteiger partial charge >= 0.3 is 0 Å². The lowest BCUT2D eigenvalue weighted by molar-refractivity contribution is -0.119. The number of ether oxygens (including phenoxy) is 1. The summed E-state index contributed by atoms with van der Waals surface area (Å²) in [6.07, 6.45) is 0.795. The van der Waals surface area contributed by atoms with Crippen LogP contribution in [0.3, 0.4) is 0 Å². The maximum atomic E-state index is 11.4. The molecule has 116 valence electrons. The molecule has 3 nitrogen and oxygen atoms in total. The summed E-state index contributed by atoms with van der Waals surface area (Å²) in [4.78, 5) is 11.4. The molecular formula is C19H23NO2. The van der Waals surface area contributed by atoms with Gasteiger partial charge in [-0.3, -0.25) is 4.79 Å². The molecule has 0 aliphatic heterocycles. The minimum atomic E-state index is -0.184. The summed E-state index contributed by atoms with van der Waals surface area (Å²) < 4.78 is 5.98. The van der Waals surface area contributed by atoms with Gasteiger partial charge in [0.1, 0.15) is 11.5 Å². The molecule has 22 heavy (non-hydrogen) atoms. The number of amides is 1. The van der Waals surface area contributed by atoms with E-state index in [2.05, 4.69) is 25.7 Å². The summed E-state index contributed by atoms with van der Waals surface area (Å²) in [5.41, 5.74) is 0. The van der Waals surface area contributed by atoms with E-state index in [4.69, 9.17) is 4.74 Å². The zero-order valence-corrected chi connectivity index (χ0v) is 13.4. The highest BCUT2D eigenvalue weighted by Crippen LogP contribution is 2.27. The van der Waals surface area contributed by atoms with Crippen LogP contribution < -0.4 is 10.1 Å². The van der Waals surface area contributed by atoms with Gasteiger partial charge in [-0.25, -0.2) is 0 Å². The molecule has 2 aromatic rings. The van der Waals surface area contributed by atoms with Gasteiger partial charge in [-0.2, -0.15) is 0 Å². The first kappa shape index (κ1) is 16.1. The van der Waals surface area contributed by atoms with Crippen molar-refractivity contribution in [2.24, 2.45) is 5.92 Å². The van der Waals surface area contributed by atoms with E-state index < -0.39 is 0 Å². The number of carbonyl (C=O) groups is 1. The Kier molecular flexibility index (Phi) is 5.21. The first-order chi connectivity index (χ1) is 10.5. The van der Waals surface area contributed by atoms with Gasteiger partial charge in [0.25, 0.3) is 0 Å². The zero-order chi connectivity index (χ0) is 16.1. The normalized spacial score (nSPS) is 12.2. The van der Waals surface area contributed by atoms with Crippen LogP contribution in [-0.4, -0.2) is 11.9 Å². The van der Waals surface area contributed by atoms with E-state index in [1.165, 1.54) is 6.92 Å². The average molecular weight is 297 g/mol. The molecule has 1 amide bonds. The zero-order valence-electron chi connectivity index (χ0n) is 13.4. The Labute approximate surface area is 132 Å². The Bertz CT molecular complexity index is 671. The summed E-state index contributed by atoms with van der Waals surface area (Å²) >= 11 is 0. The lowest BCUT2D eigenvalue weighted by Gasteiger charge is -2.22. The highest BCUT2D eigenvalue weighted by Gasteiger charge is 2.18. The topological polar surface area (TPSA) is 38.3 Å². The summed E-state index contributed by atoms with van der Waals surface area (Å²) in [7, 11) is 0. The first-order valence-corrected chi connectivity index (χ1v) is 7.59. The van der Waals surface area contributed by atoms with Crippen LogP contribution in [0.25, 0.3) is 10.8 Å². The molecule has 0 aliphatic carbocycles.